The van der Waals surface area contributed by atoms with Gasteiger partial charge in [0.25, 0.3) is 0 Å². The van der Waals surface area contributed by atoms with E-state index in [-0.39, 0.29) is 5.92 Å². The van der Waals surface area contributed by atoms with Crippen LogP contribution < -0.4 is 4.90 Å². The molecular weight excluding hydrogens is 454 g/mol. The molecule has 2 saturated heterocycles. The average molecular weight is 484 g/mol. The van der Waals surface area contributed by atoms with Crippen molar-refractivity contribution >= 4 is 33.3 Å². The van der Waals surface area contributed by atoms with Gasteiger partial charge in [0.1, 0.15) is 16.3 Å². The molecule has 0 saturated carbocycles. The van der Waals surface area contributed by atoms with Crippen LogP contribution in [0.2, 0.25) is 0 Å². The third-order valence-electron chi connectivity index (χ3n) is 7.20. The Balaban J connectivity index is 1.35. The molecule has 0 atom stereocenters. The van der Waals surface area contributed by atoms with E-state index in [0.717, 1.165) is 73.6 Å². The summed E-state index contributed by atoms with van der Waals surface area (Å²) in [4.78, 5) is 33.0. The Bertz CT molecular complexity index is 1310. The topological polar surface area (TPSA) is 62.2 Å². The number of rotatable bonds is 4. The number of carbonyl (C=O) groups excluding carboxylic acids is 1. The molecular formula is C28H29N5OS. The minimum absolute atomic E-state index is 0.119. The van der Waals surface area contributed by atoms with Crippen molar-refractivity contribution in [2.24, 2.45) is 5.92 Å². The van der Waals surface area contributed by atoms with E-state index in [4.69, 9.17) is 9.97 Å². The Morgan fingerprint density at radius 1 is 0.886 bits per heavy atom. The number of hydrogen-bond acceptors (Lipinski definition) is 6. The van der Waals surface area contributed by atoms with Gasteiger partial charge in [-0.15, -0.1) is 11.3 Å². The van der Waals surface area contributed by atoms with Gasteiger partial charge in [0.15, 0.2) is 5.82 Å². The van der Waals surface area contributed by atoms with Crippen LogP contribution in [0, 0.1) is 5.92 Å². The zero-order valence-corrected chi connectivity index (χ0v) is 20.6. The first-order chi connectivity index (χ1) is 17.3. The molecule has 0 aliphatic carbocycles. The fourth-order valence-electron chi connectivity index (χ4n) is 5.30. The summed E-state index contributed by atoms with van der Waals surface area (Å²) in [6.07, 6.45) is 7.04. The van der Waals surface area contributed by atoms with E-state index in [1.54, 1.807) is 17.5 Å². The number of likely N-dealkylation sites (tertiary alicyclic amines) is 1. The maximum absolute atomic E-state index is 13.1. The quantitative estimate of drug-likeness (QED) is 0.375. The molecule has 2 aliphatic heterocycles. The van der Waals surface area contributed by atoms with Gasteiger partial charge in [-0.05, 0) is 49.8 Å². The summed E-state index contributed by atoms with van der Waals surface area (Å²) in [5.74, 6) is 2.08. The highest BCUT2D eigenvalue weighted by Gasteiger charge is 2.31. The minimum atomic E-state index is 0.119. The number of fused-ring (bicyclic) bond motifs is 1. The number of carbonyl (C=O) groups is 1. The van der Waals surface area contributed by atoms with Crippen LogP contribution in [0.4, 0.5) is 5.82 Å². The van der Waals surface area contributed by atoms with E-state index in [1.165, 1.54) is 17.5 Å². The van der Waals surface area contributed by atoms with Gasteiger partial charge in [-0.3, -0.25) is 9.78 Å². The van der Waals surface area contributed by atoms with Gasteiger partial charge in [0.05, 0.1) is 5.39 Å². The summed E-state index contributed by atoms with van der Waals surface area (Å²) in [6.45, 7) is 3.49. The van der Waals surface area contributed by atoms with Crippen LogP contribution in [0.3, 0.4) is 0 Å². The number of pyridine rings is 1. The fraction of sp³-hybridized carbons (Fsp3) is 0.357. The second-order valence-electron chi connectivity index (χ2n) is 9.43. The summed E-state index contributed by atoms with van der Waals surface area (Å²) >= 11 is 1.65. The molecule has 4 aromatic rings. The first-order valence-electron chi connectivity index (χ1n) is 12.6. The summed E-state index contributed by atoms with van der Waals surface area (Å²) in [6, 6.07) is 16.3. The van der Waals surface area contributed by atoms with E-state index < -0.39 is 0 Å². The molecule has 0 spiro atoms. The predicted molar refractivity (Wildman–Crippen MR) is 141 cm³/mol. The van der Waals surface area contributed by atoms with Crippen molar-refractivity contribution in [2.75, 3.05) is 31.1 Å². The maximum Gasteiger partial charge on any atom is 0.225 e. The number of hydrogen-bond donors (Lipinski definition) is 0. The third kappa shape index (κ3) is 4.41. The van der Waals surface area contributed by atoms with Crippen molar-refractivity contribution in [2.45, 2.75) is 32.1 Å². The zero-order valence-electron chi connectivity index (χ0n) is 19.8. The molecule has 1 aromatic carbocycles. The van der Waals surface area contributed by atoms with E-state index in [0.29, 0.717) is 11.7 Å². The summed E-state index contributed by atoms with van der Waals surface area (Å²) < 4.78 is 0. The van der Waals surface area contributed by atoms with Gasteiger partial charge in [-0.25, -0.2) is 9.97 Å². The van der Waals surface area contributed by atoms with Crippen molar-refractivity contribution in [1.82, 2.24) is 19.9 Å². The second-order valence-corrected chi connectivity index (χ2v) is 10.3. The smallest absolute Gasteiger partial charge is 0.225 e. The first kappa shape index (κ1) is 22.2. The largest absolute Gasteiger partial charge is 0.356 e. The normalized spacial score (nSPS) is 17.1. The Kier molecular flexibility index (Phi) is 6.17. The Labute approximate surface area is 209 Å². The van der Waals surface area contributed by atoms with Gasteiger partial charge >= 0.3 is 0 Å². The molecule has 2 fully saturated rings. The maximum atomic E-state index is 13.1. The van der Waals surface area contributed by atoms with Crippen LogP contribution in [0.5, 0.6) is 0 Å². The van der Waals surface area contributed by atoms with Crippen LogP contribution in [-0.4, -0.2) is 51.9 Å². The Morgan fingerprint density at radius 3 is 2.40 bits per heavy atom. The highest BCUT2D eigenvalue weighted by atomic mass is 32.1. The molecule has 2 aliphatic rings. The second kappa shape index (κ2) is 9.74. The van der Waals surface area contributed by atoms with E-state index in [1.807, 2.05) is 24.3 Å². The zero-order chi connectivity index (χ0) is 23.6. The lowest BCUT2D eigenvalue weighted by atomic mass is 9.94. The van der Waals surface area contributed by atoms with E-state index in [2.05, 4.69) is 44.4 Å². The van der Waals surface area contributed by atoms with Gasteiger partial charge in [-0.2, -0.15) is 0 Å². The van der Waals surface area contributed by atoms with Crippen molar-refractivity contribution in [3.8, 4) is 22.6 Å². The summed E-state index contributed by atoms with van der Waals surface area (Å²) in [5, 5.41) is 3.29. The fourth-order valence-corrected chi connectivity index (χ4v) is 6.24. The molecule has 6 rings (SSSR count). The molecule has 0 unspecified atom stereocenters. The standard InChI is InChI=1S/C28H29N5OS/c34-28(33-15-7-2-8-16-33)21-12-17-32(18-13-21)26-24-22(20-9-3-1-4-10-20)19-35-27(24)31-25(30-26)23-11-5-6-14-29-23/h1,3-6,9-11,14,19,21H,2,7-8,12-13,15-18H2. The Hall–Kier alpha value is -3.32. The molecule has 35 heavy (non-hydrogen) atoms. The predicted octanol–water partition coefficient (Wildman–Crippen LogP) is 5.65. The number of amides is 1. The molecule has 3 aromatic heterocycles. The van der Waals surface area contributed by atoms with Crippen LogP contribution in [0.1, 0.15) is 32.1 Å². The van der Waals surface area contributed by atoms with Crippen molar-refractivity contribution in [1.29, 1.82) is 0 Å². The van der Waals surface area contributed by atoms with Crippen molar-refractivity contribution < 1.29 is 4.79 Å². The number of benzene rings is 1. The average Bonchev–Trinajstić information content (AvgIpc) is 3.38. The van der Waals surface area contributed by atoms with Crippen LogP contribution in [-0.2, 0) is 4.79 Å². The molecule has 0 N–H and O–H groups in total. The summed E-state index contributed by atoms with van der Waals surface area (Å²) in [7, 11) is 0. The van der Waals surface area contributed by atoms with E-state index >= 15 is 0 Å². The minimum Gasteiger partial charge on any atom is -0.356 e. The molecule has 0 bridgehead atoms. The number of aromatic nitrogens is 3. The van der Waals surface area contributed by atoms with Crippen LogP contribution in [0.15, 0.2) is 60.1 Å². The molecule has 5 heterocycles. The number of anilines is 1. The van der Waals surface area contributed by atoms with Crippen LogP contribution in [0.25, 0.3) is 32.9 Å². The van der Waals surface area contributed by atoms with Gasteiger partial charge < -0.3 is 9.80 Å². The number of thiophene rings is 1. The Morgan fingerprint density at radius 2 is 1.66 bits per heavy atom. The van der Waals surface area contributed by atoms with Crippen molar-refractivity contribution in [3.05, 3.63) is 60.1 Å². The first-order valence-corrected chi connectivity index (χ1v) is 13.5. The lowest BCUT2D eigenvalue weighted by Gasteiger charge is -2.36. The van der Waals surface area contributed by atoms with Gasteiger partial charge in [0, 0.05) is 49.2 Å². The number of piperidine rings is 2. The van der Waals surface area contributed by atoms with Crippen LogP contribution >= 0.6 is 11.3 Å². The molecule has 178 valence electrons. The molecule has 0 radical (unpaired) electrons. The summed E-state index contributed by atoms with van der Waals surface area (Å²) in [5.41, 5.74) is 3.12. The lowest BCUT2D eigenvalue weighted by molar-refractivity contribution is -0.137. The SMILES string of the molecule is O=C(C1CCN(c2nc(-c3ccccn3)nc3scc(-c4ccccc4)c23)CC1)N1CCCCC1. The highest BCUT2D eigenvalue weighted by Crippen LogP contribution is 2.40. The van der Waals surface area contributed by atoms with Crippen molar-refractivity contribution in [3.63, 3.8) is 0 Å². The molecule has 7 heteroatoms. The molecule has 1 amide bonds. The van der Waals surface area contributed by atoms with Gasteiger partial charge in [0.2, 0.25) is 5.91 Å². The molecule has 6 nitrogen and oxygen atoms in total. The van der Waals surface area contributed by atoms with Gasteiger partial charge in [-0.1, -0.05) is 36.4 Å². The van der Waals surface area contributed by atoms with E-state index in [9.17, 15) is 4.79 Å². The monoisotopic (exact) mass is 483 g/mol. The number of nitrogens with zero attached hydrogens (tertiary/aromatic N) is 5. The highest BCUT2D eigenvalue weighted by molar-refractivity contribution is 7.17. The third-order valence-corrected chi connectivity index (χ3v) is 8.08. The lowest BCUT2D eigenvalue weighted by Crippen LogP contribution is -2.44.